The molecular formula is C18H16N2O4. The van der Waals surface area contributed by atoms with Crippen LogP contribution in [-0.4, -0.2) is 39.2 Å². The van der Waals surface area contributed by atoms with Crippen molar-refractivity contribution in [1.29, 1.82) is 0 Å². The summed E-state index contributed by atoms with van der Waals surface area (Å²) in [5, 5.41) is 23.8. The molecule has 0 aromatic heterocycles. The molecule has 0 saturated carbocycles. The first-order chi connectivity index (χ1) is 11.5. The zero-order valence-electron chi connectivity index (χ0n) is 12.7. The van der Waals surface area contributed by atoms with Gasteiger partial charge in [-0.15, -0.1) is 0 Å². The van der Waals surface area contributed by atoms with Crippen molar-refractivity contribution in [1.82, 2.24) is 4.90 Å². The summed E-state index contributed by atoms with van der Waals surface area (Å²) >= 11 is 0. The number of benzene rings is 2. The van der Waals surface area contributed by atoms with Gasteiger partial charge in [-0.05, 0) is 18.2 Å². The summed E-state index contributed by atoms with van der Waals surface area (Å²) in [6, 6.07) is 14.6. The third-order valence-corrected chi connectivity index (χ3v) is 4.80. The highest BCUT2D eigenvalue weighted by Gasteiger charge is 2.60. The SMILES string of the molecule is O=C(O)[C@@H]1C[C@]2(O)c3ccccc3N[C@@H]2N1C(=O)c1ccccc1. The van der Waals surface area contributed by atoms with Crippen LogP contribution in [0.25, 0.3) is 0 Å². The minimum absolute atomic E-state index is 0.0460. The lowest BCUT2D eigenvalue weighted by Gasteiger charge is -2.29. The number of carbonyl (C=O) groups is 2. The molecule has 0 aliphatic carbocycles. The molecule has 0 spiro atoms. The number of aliphatic carboxylic acids is 1. The van der Waals surface area contributed by atoms with Crippen LogP contribution in [0.2, 0.25) is 0 Å². The maximum atomic E-state index is 12.9. The van der Waals surface area contributed by atoms with Crippen molar-refractivity contribution in [3.8, 4) is 0 Å². The zero-order valence-corrected chi connectivity index (χ0v) is 12.7. The summed E-state index contributed by atoms with van der Waals surface area (Å²) in [6.07, 6.45) is -0.848. The largest absolute Gasteiger partial charge is 0.480 e. The third kappa shape index (κ3) is 1.93. The topological polar surface area (TPSA) is 89.9 Å². The van der Waals surface area contributed by atoms with Gasteiger partial charge in [-0.25, -0.2) is 4.79 Å². The van der Waals surface area contributed by atoms with Gasteiger partial charge in [0.1, 0.15) is 17.8 Å². The molecule has 6 nitrogen and oxygen atoms in total. The molecule has 2 aliphatic heterocycles. The highest BCUT2D eigenvalue weighted by atomic mass is 16.4. The van der Waals surface area contributed by atoms with Crippen molar-refractivity contribution in [2.24, 2.45) is 0 Å². The van der Waals surface area contributed by atoms with Crippen molar-refractivity contribution in [3.63, 3.8) is 0 Å². The minimum atomic E-state index is -1.41. The van der Waals surface area contributed by atoms with Gasteiger partial charge in [-0.1, -0.05) is 36.4 Å². The van der Waals surface area contributed by atoms with Gasteiger partial charge in [-0.2, -0.15) is 0 Å². The number of hydrogen-bond donors (Lipinski definition) is 3. The van der Waals surface area contributed by atoms with Gasteiger partial charge in [0.15, 0.2) is 0 Å². The molecule has 6 heteroatoms. The van der Waals surface area contributed by atoms with Crippen molar-refractivity contribution < 1.29 is 19.8 Å². The number of rotatable bonds is 2. The van der Waals surface area contributed by atoms with Gasteiger partial charge in [0.05, 0.1) is 0 Å². The van der Waals surface area contributed by atoms with Crippen LogP contribution in [0.15, 0.2) is 54.6 Å². The molecule has 3 N–H and O–H groups in total. The predicted molar refractivity (Wildman–Crippen MR) is 86.4 cm³/mol. The fourth-order valence-electron chi connectivity index (χ4n) is 3.69. The van der Waals surface area contributed by atoms with Crippen LogP contribution >= 0.6 is 0 Å². The van der Waals surface area contributed by atoms with Crippen LogP contribution in [0.4, 0.5) is 5.69 Å². The van der Waals surface area contributed by atoms with E-state index in [4.69, 9.17) is 0 Å². The molecular weight excluding hydrogens is 308 g/mol. The average Bonchev–Trinajstić information content (AvgIpc) is 3.04. The molecule has 24 heavy (non-hydrogen) atoms. The number of carboxylic acid groups (broad SMARTS) is 1. The van der Waals surface area contributed by atoms with Crippen molar-refractivity contribution >= 4 is 17.6 Å². The smallest absolute Gasteiger partial charge is 0.326 e. The first kappa shape index (κ1) is 14.7. The van der Waals surface area contributed by atoms with Gasteiger partial charge >= 0.3 is 5.97 Å². The van der Waals surface area contributed by atoms with E-state index >= 15 is 0 Å². The third-order valence-electron chi connectivity index (χ3n) is 4.80. The Balaban J connectivity index is 1.79. The molecule has 2 aromatic carbocycles. The average molecular weight is 324 g/mol. The van der Waals surface area contributed by atoms with Crippen LogP contribution in [0.1, 0.15) is 22.3 Å². The van der Waals surface area contributed by atoms with Gasteiger partial charge in [0.25, 0.3) is 5.91 Å². The van der Waals surface area contributed by atoms with Crippen LogP contribution in [-0.2, 0) is 10.4 Å². The number of likely N-dealkylation sites (tertiary alicyclic amines) is 1. The normalized spacial score (nSPS) is 27.3. The Hall–Kier alpha value is -2.86. The molecule has 4 rings (SSSR count). The number of carboxylic acids is 1. The number of hydrogen-bond acceptors (Lipinski definition) is 4. The highest BCUT2D eigenvalue weighted by Crippen LogP contribution is 2.49. The van der Waals surface area contributed by atoms with Gasteiger partial charge < -0.3 is 20.4 Å². The van der Waals surface area contributed by atoms with Crippen molar-refractivity contribution in [3.05, 3.63) is 65.7 Å². The molecule has 0 radical (unpaired) electrons. The Labute approximate surface area is 138 Å². The lowest BCUT2D eigenvalue weighted by atomic mass is 9.91. The van der Waals surface area contributed by atoms with E-state index in [0.29, 0.717) is 11.1 Å². The first-order valence-corrected chi connectivity index (χ1v) is 7.71. The van der Waals surface area contributed by atoms with Gasteiger partial charge in [0, 0.05) is 23.2 Å². The van der Waals surface area contributed by atoms with Gasteiger partial charge in [0.2, 0.25) is 0 Å². The second kappa shape index (κ2) is 5.07. The van der Waals surface area contributed by atoms with Crippen LogP contribution in [0.3, 0.4) is 0 Å². The Morgan fingerprint density at radius 2 is 1.75 bits per heavy atom. The monoisotopic (exact) mass is 324 g/mol. The van der Waals surface area contributed by atoms with Gasteiger partial charge in [-0.3, -0.25) is 4.79 Å². The number of amides is 1. The number of nitrogens with zero attached hydrogens (tertiary/aromatic N) is 1. The second-order valence-electron chi connectivity index (χ2n) is 6.15. The quantitative estimate of drug-likeness (QED) is 0.781. The number of aliphatic hydroxyl groups is 1. The maximum absolute atomic E-state index is 12.9. The standard InChI is InChI=1S/C18H16N2O4/c21-15(11-6-2-1-3-7-11)20-14(16(22)23)10-18(24)12-8-4-5-9-13(12)19-17(18)20/h1-9,14,17,19,24H,10H2,(H,22,23)/t14-,17+,18-/m0/s1. The van der Waals surface area contributed by atoms with E-state index in [-0.39, 0.29) is 6.42 Å². The lowest BCUT2D eigenvalue weighted by Crippen LogP contribution is -2.50. The Morgan fingerprint density at radius 1 is 1.08 bits per heavy atom. The predicted octanol–water partition coefficient (Wildman–Crippen LogP) is 1.63. The Bertz CT molecular complexity index is 823. The number of anilines is 1. The number of carbonyl (C=O) groups excluding carboxylic acids is 1. The summed E-state index contributed by atoms with van der Waals surface area (Å²) in [4.78, 5) is 25.9. The number of fused-ring (bicyclic) bond motifs is 3. The first-order valence-electron chi connectivity index (χ1n) is 7.71. The van der Waals surface area contributed by atoms with E-state index in [1.165, 1.54) is 4.90 Å². The van der Waals surface area contributed by atoms with E-state index in [9.17, 15) is 19.8 Å². The summed E-state index contributed by atoms with van der Waals surface area (Å²) in [5.74, 6) is -1.54. The fraction of sp³-hybridized carbons (Fsp3) is 0.222. The van der Waals surface area contributed by atoms with Crippen molar-refractivity contribution in [2.45, 2.75) is 24.2 Å². The Morgan fingerprint density at radius 3 is 2.46 bits per heavy atom. The van der Waals surface area contributed by atoms with E-state index in [1.54, 1.807) is 42.5 Å². The lowest BCUT2D eigenvalue weighted by molar-refractivity contribution is -0.141. The van der Waals surface area contributed by atoms with E-state index < -0.39 is 29.7 Å². The molecule has 2 aliphatic rings. The molecule has 122 valence electrons. The molecule has 1 amide bonds. The summed E-state index contributed by atoms with van der Waals surface area (Å²) in [7, 11) is 0. The summed E-state index contributed by atoms with van der Waals surface area (Å²) in [6.45, 7) is 0. The maximum Gasteiger partial charge on any atom is 0.326 e. The van der Waals surface area contributed by atoms with Crippen LogP contribution in [0, 0.1) is 0 Å². The Kier molecular flexibility index (Phi) is 3.11. The van der Waals surface area contributed by atoms with E-state index in [1.807, 2.05) is 12.1 Å². The molecule has 0 unspecified atom stereocenters. The fourth-order valence-corrected chi connectivity index (χ4v) is 3.69. The van der Waals surface area contributed by atoms with E-state index in [2.05, 4.69) is 5.32 Å². The molecule has 0 bridgehead atoms. The molecule has 2 heterocycles. The zero-order chi connectivity index (χ0) is 16.9. The minimum Gasteiger partial charge on any atom is -0.480 e. The summed E-state index contributed by atoms with van der Waals surface area (Å²) < 4.78 is 0. The molecule has 3 atom stereocenters. The molecule has 1 fully saturated rings. The molecule has 2 aromatic rings. The second-order valence-corrected chi connectivity index (χ2v) is 6.15. The number of para-hydroxylation sites is 1. The number of nitrogens with one attached hydrogen (secondary N) is 1. The summed E-state index contributed by atoms with van der Waals surface area (Å²) in [5.41, 5.74) is 0.333. The molecule has 1 saturated heterocycles. The van der Waals surface area contributed by atoms with Crippen molar-refractivity contribution in [2.75, 3.05) is 5.32 Å². The van der Waals surface area contributed by atoms with Crippen LogP contribution < -0.4 is 5.32 Å². The van der Waals surface area contributed by atoms with Crippen LogP contribution in [0.5, 0.6) is 0 Å². The highest BCUT2D eigenvalue weighted by molar-refractivity contribution is 5.98. The van der Waals surface area contributed by atoms with E-state index in [0.717, 1.165) is 5.69 Å².